The summed E-state index contributed by atoms with van der Waals surface area (Å²) in [6.07, 6.45) is 3.51. The standard InChI is InChI=1S/C10H15N5OS/c1-12-9(16)3-4-15(2)8-6-13-7(5-14-8)10(11)17/h5-6H,3-4H2,1-2H3,(H2,11,17)(H,12,16). The van der Waals surface area contributed by atoms with Gasteiger partial charge in [0, 0.05) is 27.1 Å². The molecule has 0 atom stereocenters. The van der Waals surface area contributed by atoms with Crippen LogP contribution < -0.4 is 16.0 Å². The third kappa shape index (κ3) is 3.95. The van der Waals surface area contributed by atoms with Crippen LogP contribution in [0.3, 0.4) is 0 Å². The van der Waals surface area contributed by atoms with E-state index >= 15 is 0 Å². The minimum Gasteiger partial charge on any atom is -0.388 e. The van der Waals surface area contributed by atoms with Crippen LogP contribution >= 0.6 is 12.2 Å². The number of hydrogen-bond donors (Lipinski definition) is 2. The van der Waals surface area contributed by atoms with E-state index in [-0.39, 0.29) is 10.9 Å². The molecule has 1 amide bonds. The maximum absolute atomic E-state index is 11.1. The lowest BCUT2D eigenvalue weighted by molar-refractivity contribution is -0.120. The number of aromatic nitrogens is 2. The van der Waals surface area contributed by atoms with Gasteiger partial charge in [0.15, 0.2) is 0 Å². The highest BCUT2D eigenvalue weighted by molar-refractivity contribution is 7.80. The molecule has 0 aromatic carbocycles. The summed E-state index contributed by atoms with van der Waals surface area (Å²) in [7, 11) is 3.45. The number of thiocarbonyl (C=S) groups is 1. The van der Waals surface area contributed by atoms with E-state index in [2.05, 4.69) is 15.3 Å². The molecule has 0 radical (unpaired) electrons. The molecule has 6 nitrogen and oxygen atoms in total. The van der Waals surface area contributed by atoms with Gasteiger partial charge in [-0.3, -0.25) is 4.79 Å². The van der Waals surface area contributed by atoms with Crippen molar-refractivity contribution in [1.29, 1.82) is 0 Å². The molecule has 0 bridgehead atoms. The van der Waals surface area contributed by atoms with E-state index in [1.807, 2.05) is 11.9 Å². The van der Waals surface area contributed by atoms with Gasteiger partial charge in [-0.1, -0.05) is 12.2 Å². The van der Waals surface area contributed by atoms with E-state index in [1.54, 1.807) is 13.2 Å². The average Bonchev–Trinajstić information content (AvgIpc) is 2.35. The smallest absolute Gasteiger partial charge is 0.221 e. The first-order valence-electron chi connectivity index (χ1n) is 5.08. The van der Waals surface area contributed by atoms with Gasteiger partial charge in [0.2, 0.25) is 5.91 Å². The second-order valence-electron chi connectivity index (χ2n) is 3.47. The fraction of sp³-hybridized carbons (Fsp3) is 0.400. The van der Waals surface area contributed by atoms with E-state index in [0.717, 1.165) is 0 Å². The molecule has 0 aliphatic rings. The van der Waals surface area contributed by atoms with Gasteiger partial charge in [-0.2, -0.15) is 0 Å². The monoisotopic (exact) mass is 253 g/mol. The Morgan fingerprint density at radius 2 is 2.24 bits per heavy atom. The summed E-state index contributed by atoms with van der Waals surface area (Å²) in [6.45, 7) is 0.570. The quantitative estimate of drug-likeness (QED) is 0.700. The van der Waals surface area contributed by atoms with Crippen molar-refractivity contribution in [1.82, 2.24) is 15.3 Å². The van der Waals surface area contributed by atoms with Crippen LogP contribution in [0.5, 0.6) is 0 Å². The molecule has 0 aliphatic heterocycles. The van der Waals surface area contributed by atoms with Gasteiger partial charge in [-0.15, -0.1) is 0 Å². The maximum atomic E-state index is 11.1. The van der Waals surface area contributed by atoms with Gasteiger partial charge in [0.25, 0.3) is 0 Å². The molecule has 1 heterocycles. The van der Waals surface area contributed by atoms with Crippen LogP contribution in [0.4, 0.5) is 5.82 Å². The maximum Gasteiger partial charge on any atom is 0.221 e. The molecular weight excluding hydrogens is 238 g/mol. The van der Waals surface area contributed by atoms with Crippen molar-refractivity contribution in [2.75, 3.05) is 25.5 Å². The molecule has 0 unspecified atom stereocenters. The molecule has 1 rings (SSSR count). The SMILES string of the molecule is CNC(=O)CCN(C)c1cnc(C(N)=S)cn1. The van der Waals surface area contributed by atoms with Gasteiger partial charge in [-0.25, -0.2) is 9.97 Å². The summed E-state index contributed by atoms with van der Waals surface area (Å²) in [4.78, 5) is 21.4. The highest BCUT2D eigenvalue weighted by Gasteiger charge is 2.06. The Labute approximate surface area is 105 Å². The van der Waals surface area contributed by atoms with Crippen molar-refractivity contribution in [3.05, 3.63) is 18.1 Å². The first kappa shape index (κ1) is 13.3. The van der Waals surface area contributed by atoms with Crippen LogP contribution in [0, 0.1) is 0 Å². The van der Waals surface area contributed by atoms with E-state index < -0.39 is 0 Å². The predicted molar refractivity (Wildman–Crippen MR) is 69.9 cm³/mol. The van der Waals surface area contributed by atoms with Crippen molar-refractivity contribution in [3.63, 3.8) is 0 Å². The fourth-order valence-corrected chi connectivity index (χ4v) is 1.26. The lowest BCUT2D eigenvalue weighted by Gasteiger charge is -2.17. The lowest BCUT2D eigenvalue weighted by Crippen LogP contribution is -2.27. The Morgan fingerprint density at radius 3 is 2.71 bits per heavy atom. The van der Waals surface area contributed by atoms with Gasteiger partial charge < -0.3 is 16.0 Å². The first-order chi connectivity index (χ1) is 8.04. The zero-order chi connectivity index (χ0) is 12.8. The Kier molecular flexibility index (Phi) is 4.77. The number of nitrogens with two attached hydrogens (primary N) is 1. The molecule has 0 saturated carbocycles. The van der Waals surface area contributed by atoms with Gasteiger partial charge in [0.05, 0.1) is 12.4 Å². The van der Waals surface area contributed by atoms with Crippen LogP contribution in [-0.4, -0.2) is 41.5 Å². The normalized spacial score (nSPS) is 9.76. The average molecular weight is 253 g/mol. The van der Waals surface area contributed by atoms with Crippen molar-refractivity contribution >= 4 is 28.9 Å². The molecule has 0 saturated heterocycles. The zero-order valence-electron chi connectivity index (χ0n) is 9.80. The number of rotatable bonds is 5. The summed E-state index contributed by atoms with van der Waals surface area (Å²) >= 11 is 4.78. The van der Waals surface area contributed by atoms with Gasteiger partial charge in [0.1, 0.15) is 16.5 Å². The van der Waals surface area contributed by atoms with Crippen LogP contribution in [-0.2, 0) is 4.79 Å². The summed E-state index contributed by atoms with van der Waals surface area (Å²) in [5.41, 5.74) is 5.91. The first-order valence-corrected chi connectivity index (χ1v) is 5.49. The molecule has 0 fully saturated rings. The van der Waals surface area contributed by atoms with Gasteiger partial charge >= 0.3 is 0 Å². The van der Waals surface area contributed by atoms with E-state index in [0.29, 0.717) is 24.5 Å². The Morgan fingerprint density at radius 1 is 1.53 bits per heavy atom. The summed E-state index contributed by atoms with van der Waals surface area (Å²) < 4.78 is 0. The molecule has 17 heavy (non-hydrogen) atoms. The minimum absolute atomic E-state index is 0.00966. The molecule has 1 aromatic heterocycles. The third-order valence-electron chi connectivity index (χ3n) is 2.23. The fourth-order valence-electron chi connectivity index (χ4n) is 1.15. The summed E-state index contributed by atoms with van der Waals surface area (Å²) in [5.74, 6) is 0.665. The highest BCUT2D eigenvalue weighted by Crippen LogP contribution is 2.07. The van der Waals surface area contributed by atoms with Crippen molar-refractivity contribution in [2.24, 2.45) is 5.73 Å². The number of hydrogen-bond acceptors (Lipinski definition) is 5. The second kappa shape index (κ2) is 6.09. The molecule has 3 N–H and O–H groups in total. The molecule has 0 spiro atoms. The Bertz CT molecular complexity index is 406. The number of carbonyl (C=O) groups is 1. The predicted octanol–water partition coefficient (Wildman–Crippen LogP) is -0.317. The Hall–Kier alpha value is -1.76. The van der Waals surface area contributed by atoms with Crippen molar-refractivity contribution in [3.8, 4) is 0 Å². The number of carbonyl (C=O) groups excluding carboxylic acids is 1. The van der Waals surface area contributed by atoms with Crippen molar-refractivity contribution in [2.45, 2.75) is 6.42 Å². The van der Waals surface area contributed by atoms with Gasteiger partial charge in [-0.05, 0) is 0 Å². The number of anilines is 1. The lowest BCUT2D eigenvalue weighted by atomic mass is 10.3. The zero-order valence-corrected chi connectivity index (χ0v) is 10.6. The molecule has 1 aromatic rings. The topological polar surface area (TPSA) is 84.1 Å². The van der Waals surface area contributed by atoms with Crippen LogP contribution in [0.25, 0.3) is 0 Å². The second-order valence-corrected chi connectivity index (χ2v) is 3.91. The van der Waals surface area contributed by atoms with E-state index in [1.165, 1.54) is 6.20 Å². The van der Waals surface area contributed by atoms with Crippen molar-refractivity contribution < 1.29 is 4.79 Å². The van der Waals surface area contributed by atoms with Crippen LogP contribution in [0.1, 0.15) is 12.1 Å². The summed E-state index contributed by atoms with van der Waals surface area (Å²) in [5, 5.41) is 2.56. The Balaban J connectivity index is 2.60. The van der Waals surface area contributed by atoms with E-state index in [4.69, 9.17) is 18.0 Å². The highest BCUT2D eigenvalue weighted by atomic mass is 32.1. The molecule has 92 valence electrons. The van der Waals surface area contributed by atoms with Crippen LogP contribution in [0.2, 0.25) is 0 Å². The van der Waals surface area contributed by atoms with E-state index in [9.17, 15) is 4.79 Å². The molecule has 7 heteroatoms. The third-order valence-corrected chi connectivity index (χ3v) is 2.44. The summed E-state index contributed by atoms with van der Waals surface area (Å²) in [6, 6.07) is 0. The van der Waals surface area contributed by atoms with Crippen LogP contribution in [0.15, 0.2) is 12.4 Å². The largest absolute Gasteiger partial charge is 0.388 e. The minimum atomic E-state index is -0.00966. The number of nitrogens with one attached hydrogen (secondary N) is 1. The number of amides is 1. The molecule has 0 aliphatic carbocycles. The molecular formula is C10H15N5OS. The number of nitrogens with zero attached hydrogens (tertiary/aromatic N) is 3.